The first-order valence-electron chi connectivity index (χ1n) is 10.9. The third-order valence-electron chi connectivity index (χ3n) is 5.55. The van der Waals surface area contributed by atoms with Crippen LogP contribution in [-0.2, 0) is 27.7 Å². The second-order valence-electron chi connectivity index (χ2n) is 8.50. The Bertz CT molecular complexity index is 1100. The van der Waals surface area contributed by atoms with Crippen LogP contribution in [-0.4, -0.2) is 64.5 Å². The smallest absolute Gasteiger partial charge is 0.340 e. The summed E-state index contributed by atoms with van der Waals surface area (Å²) in [6, 6.07) is 7.84. The van der Waals surface area contributed by atoms with Crippen molar-refractivity contribution in [2.24, 2.45) is 5.92 Å². The number of hydrogen-bond donors (Lipinski definition) is 0. The molecule has 0 atom stereocenters. The average molecular weight is 493 g/mol. The molecule has 0 bridgehead atoms. The number of esters is 1. The Labute approximate surface area is 200 Å². The van der Waals surface area contributed by atoms with E-state index in [1.165, 1.54) is 22.8 Å². The van der Waals surface area contributed by atoms with Gasteiger partial charge in [-0.05, 0) is 35.6 Å². The Morgan fingerprint density at radius 2 is 1.94 bits per heavy atom. The van der Waals surface area contributed by atoms with Gasteiger partial charge in [0.05, 0.1) is 19.8 Å². The minimum absolute atomic E-state index is 0.0955. The molecule has 0 amide bonds. The van der Waals surface area contributed by atoms with Crippen LogP contribution in [0.5, 0.6) is 5.75 Å². The molecule has 1 aliphatic heterocycles. The highest BCUT2D eigenvalue weighted by Gasteiger charge is 2.35. The fourth-order valence-electron chi connectivity index (χ4n) is 3.88. The van der Waals surface area contributed by atoms with Crippen LogP contribution in [0.25, 0.3) is 6.08 Å². The Morgan fingerprint density at radius 1 is 1.24 bits per heavy atom. The maximum atomic E-state index is 13.3. The van der Waals surface area contributed by atoms with Crippen LogP contribution >= 0.6 is 11.3 Å². The molecular weight excluding hydrogens is 460 g/mol. The van der Waals surface area contributed by atoms with Gasteiger partial charge in [-0.1, -0.05) is 38.1 Å². The summed E-state index contributed by atoms with van der Waals surface area (Å²) in [5.74, 6) is 0.408. The Hall–Kier alpha value is -2.20. The monoisotopic (exact) mass is 492 g/mol. The number of methoxy groups -OCH3 is 2. The van der Waals surface area contributed by atoms with Gasteiger partial charge in [-0.25, -0.2) is 13.2 Å². The molecule has 1 aromatic heterocycles. The average Bonchev–Trinajstić information content (AvgIpc) is 3.18. The number of sulfonamides is 1. The van der Waals surface area contributed by atoms with Crippen molar-refractivity contribution in [2.75, 3.05) is 40.9 Å². The molecule has 7 nitrogen and oxygen atoms in total. The number of nitrogens with zero attached hydrogens (tertiary/aromatic N) is 2. The van der Waals surface area contributed by atoms with E-state index in [-0.39, 0.29) is 15.7 Å². The molecule has 2 aromatic rings. The molecular formula is C24H32N2O5S2. The van der Waals surface area contributed by atoms with Gasteiger partial charge in [-0.15, -0.1) is 11.3 Å². The molecule has 33 heavy (non-hydrogen) atoms. The predicted octanol–water partition coefficient (Wildman–Crippen LogP) is 3.89. The van der Waals surface area contributed by atoms with Gasteiger partial charge < -0.3 is 9.47 Å². The summed E-state index contributed by atoms with van der Waals surface area (Å²) >= 11 is 1.20. The lowest BCUT2D eigenvalue weighted by Crippen LogP contribution is -2.31. The lowest BCUT2D eigenvalue weighted by atomic mass is 10.0. The van der Waals surface area contributed by atoms with Gasteiger partial charge in [-0.2, -0.15) is 4.31 Å². The third kappa shape index (κ3) is 5.84. The lowest BCUT2D eigenvalue weighted by molar-refractivity contribution is 0.0595. The zero-order valence-electron chi connectivity index (χ0n) is 19.8. The maximum absolute atomic E-state index is 13.3. The molecule has 0 radical (unpaired) electrons. The lowest BCUT2D eigenvalue weighted by Gasteiger charge is -2.25. The molecule has 0 saturated heterocycles. The van der Waals surface area contributed by atoms with Crippen molar-refractivity contribution in [2.45, 2.75) is 31.0 Å². The van der Waals surface area contributed by atoms with Crippen molar-refractivity contribution in [3.63, 3.8) is 0 Å². The molecule has 0 saturated carbocycles. The van der Waals surface area contributed by atoms with Gasteiger partial charge in [0.1, 0.15) is 9.96 Å². The van der Waals surface area contributed by atoms with Crippen LogP contribution < -0.4 is 4.74 Å². The maximum Gasteiger partial charge on any atom is 0.340 e. The Morgan fingerprint density at radius 3 is 2.55 bits per heavy atom. The van der Waals surface area contributed by atoms with Crippen LogP contribution in [0.3, 0.4) is 0 Å². The zero-order valence-corrected chi connectivity index (χ0v) is 21.5. The van der Waals surface area contributed by atoms with Crippen molar-refractivity contribution < 1.29 is 22.7 Å². The molecule has 1 aromatic carbocycles. The molecule has 2 heterocycles. The number of hydrogen-bond acceptors (Lipinski definition) is 7. The summed E-state index contributed by atoms with van der Waals surface area (Å²) in [6.07, 6.45) is 4.76. The zero-order chi connectivity index (χ0) is 24.2. The van der Waals surface area contributed by atoms with Crippen LogP contribution in [0.1, 0.15) is 40.2 Å². The van der Waals surface area contributed by atoms with E-state index in [1.54, 1.807) is 14.2 Å². The first kappa shape index (κ1) is 25.4. The van der Waals surface area contributed by atoms with E-state index in [9.17, 15) is 13.2 Å². The summed E-state index contributed by atoms with van der Waals surface area (Å²) in [5.41, 5.74) is 2.10. The van der Waals surface area contributed by atoms with Crippen molar-refractivity contribution in [1.29, 1.82) is 0 Å². The first-order chi connectivity index (χ1) is 15.7. The summed E-state index contributed by atoms with van der Waals surface area (Å²) in [5, 5.41) is 0. The summed E-state index contributed by atoms with van der Waals surface area (Å²) in [4.78, 5) is 15.7. The fourth-order valence-corrected chi connectivity index (χ4v) is 7.34. The molecule has 0 N–H and O–H groups in total. The number of fused-ring (bicyclic) bond motifs is 1. The van der Waals surface area contributed by atoms with Crippen molar-refractivity contribution in [3.8, 4) is 5.75 Å². The van der Waals surface area contributed by atoms with E-state index in [0.29, 0.717) is 19.5 Å². The quantitative estimate of drug-likeness (QED) is 0.495. The largest absolute Gasteiger partial charge is 0.497 e. The number of carbonyl (C=O) groups excluding carboxylic acids is 1. The molecule has 0 spiro atoms. The highest BCUT2D eigenvalue weighted by molar-refractivity contribution is 7.91. The summed E-state index contributed by atoms with van der Waals surface area (Å²) in [7, 11) is 0.714. The van der Waals surface area contributed by atoms with Gasteiger partial charge in [0.2, 0.25) is 0 Å². The highest BCUT2D eigenvalue weighted by atomic mass is 32.2. The highest BCUT2D eigenvalue weighted by Crippen LogP contribution is 2.38. The fraction of sp³-hybridized carbons (Fsp3) is 0.458. The van der Waals surface area contributed by atoms with E-state index in [2.05, 4.69) is 17.1 Å². The molecule has 3 rings (SSSR count). The number of rotatable bonds is 9. The van der Waals surface area contributed by atoms with Crippen LogP contribution in [0.4, 0.5) is 0 Å². The molecule has 0 aliphatic carbocycles. The predicted molar refractivity (Wildman–Crippen MR) is 131 cm³/mol. The van der Waals surface area contributed by atoms with Gasteiger partial charge in [0.25, 0.3) is 10.0 Å². The second-order valence-corrected chi connectivity index (χ2v) is 11.8. The third-order valence-corrected chi connectivity index (χ3v) is 9.09. The number of thiophene rings is 1. The Kier molecular flexibility index (Phi) is 8.33. The summed E-state index contributed by atoms with van der Waals surface area (Å²) < 4.78 is 38.1. The van der Waals surface area contributed by atoms with Crippen LogP contribution in [0.2, 0.25) is 0 Å². The number of ether oxygens (including phenoxy) is 2. The van der Waals surface area contributed by atoms with E-state index in [1.807, 2.05) is 38.1 Å². The van der Waals surface area contributed by atoms with Gasteiger partial charge in [-0.3, -0.25) is 4.90 Å². The van der Waals surface area contributed by atoms with Crippen LogP contribution in [0, 0.1) is 5.92 Å². The number of benzene rings is 1. The normalized spacial score (nSPS) is 14.8. The second kappa shape index (κ2) is 10.8. The van der Waals surface area contributed by atoms with E-state index < -0.39 is 16.0 Å². The standard InChI is InChI=1S/C24H32N2O5S2/c1-17(2)15-25(3)33(28,29)24-22(23(27)31-5)20-12-14-26(16-21(20)32-24)13-6-7-18-8-10-19(30-4)11-9-18/h6-11,17H,12-16H2,1-5H3/b7-6+. The van der Waals surface area contributed by atoms with Gasteiger partial charge in [0.15, 0.2) is 0 Å². The van der Waals surface area contributed by atoms with E-state index >= 15 is 0 Å². The minimum atomic E-state index is -3.78. The Balaban J connectivity index is 1.81. The first-order valence-corrected chi connectivity index (χ1v) is 13.1. The SMILES string of the molecule is COC(=O)c1c(S(=O)(=O)N(C)CC(C)C)sc2c1CCN(C/C=C/c1ccc(OC)cc1)C2. The van der Waals surface area contributed by atoms with Crippen LogP contribution in [0.15, 0.2) is 34.6 Å². The van der Waals surface area contributed by atoms with Gasteiger partial charge >= 0.3 is 5.97 Å². The molecule has 0 unspecified atom stereocenters. The van der Waals surface area contributed by atoms with Gasteiger partial charge in [0, 0.05) is 38.1 Å². The molecule has 0 fully saturated rings. The number of carbonyl (C=O) groups is 1. The molecule has 180 valence electrons. The van der Waals surface area contributed by atoms with E-state index in [4.69, 9.17) is 9.47 Å². The van der Waals surface area contributed by atoms with Crippen molar-refractivity contribution >= 4 is 33.4 Å². The van der Waals surface area contributed by atoms with Crippen molar-refractivity contribution in [1.82, 2.24) is 9.21 Å². The molecule has 1 aliphatic rings. The summed E-state index contributed by atoms with van der Waals surface area (Å²) in [6.45, 7) is 6.37. The molecule has 9 heteroatoms. The van der Waals surface area contributed by atoms with E-state index in [0.717, 1.165) is 34.8 Å². The topological polar surface area (TPSA) is 76.2 Å². The minimum Gasteiger partial charge on any atom is -0.497 e. The van der Waals surface area contributed by atoms with Crippen molar-refractivity contribution in [3.05, 3.63) is 51.9 Å².